The molecule has 0 spiro atoms. The molecular weight excluding hydrogens is 342 g/mol. The molecule has 5 nitrogen and oxygen atoms in total. The summed E-state index contributed by atoms with van der Waals surface area (Å²) in [6.45, 7) is 0. The van der Waals surface area contributed by atoms with Gasteiger partial charge in [-0.1, -0.05) is 12.1 Å². The molecule has 5 rings (SSSR count). The fourth-order valence-corrected chi connectivity index (χ4v) is 5.16. The standard InChI is InChI=1S/C22H21NO4/c1-26-17-4-2-3-5-18(17)27-16-10-8-15(9-11-16)23-21(24)19-13-6-7-14(12-13)20(19)22(23)25/h2-5,8-11,13-14,19-20H,6-7,12H2,1H3/t13-,14-,19-,20+/m0/s1. The van der Waals surface area contributed by atoms with Crippen molar-refractivity contribution < 1.29 is 19.1 Å². The van der Waals surface area contributed by atoms with E-state index in [1.807, 2.05) is 24.3 Å². The van der Waals surface area contributed by atoms with Crippen LogP contribution in [0.15, 0.2) is 48.5 Å². The molecule has 2 bridgehead atoms. The number of carbonyl (C=O) groups excluding carboxylic acids is 2. The van der Waals surface area contributed by atoms with Crippen LogP contribution in [0.4, 0.5) is 5.69 Å². The van der Waals surface area contributed by atoms with Gasteiger partial charge < -0.3 is 9.47 Å². The van der Waals surface area contributed by atoms with Crippen molar-refractivity contribution in [1.82, 2.24) is 0 Å². The molecule has 2 aromatic rings. The molecule has 5 heteroatoms. The molecule has 1 saturated heterocycles. The number of para-hydroxylation sites is 2. The zero-order valence-electron chi connectivity index (χ0n) is 15.1. The van der Waals surface area contributed by atoms with Crippen LogP contribution in [-0.2, 0) is 9.59 Å². The number of benzene rings is 2. The van der Waals surface area contributed by atoms with Gasteiger partial charge in [-0.15, -0.1) is 0 Å². The largest absolute Gasteiger partial charge is 0.493 e. The number of hydrogen-bond acceptors (Lipinski definition) is 4. The molecule has 3 aliphatic rings. The third-order valence-corrected chi connectivity index (χ3v) is 6.32. The predicted molar refractivity (Wildman–Crippen MR) is 99.8 cm³/mol. The average molecular weight is 363 g/mol. The molecule has 3 fully saturated rings. The van der Waals surface area contributed by atoms with E-state index in [1.165, 1.54) is 4.90 Å². The van der Waals surface area contributed by atoms with Crippen LogP contribution in [0, 0.1) is 23.7 Å². The van der Waals surface area contributed by atoms with Crippen LogP contribution in [-0.4, -0.2) is 18.9 Å². The number of anilines is 1. The van der Waals surface area contributed by atoms with E-state index < -0.39 is 0 Å². The van der Waals surface area contributed by atoms with Crippen molar-refractivity contribution in [3.05, 3.63) is 48.5 Å². The molecule has 2 aromatic carbocycles. The van der Waals surface area contributed by atoms with Crippen molar-refractivity contribution in [3.8, 4) is 17.2 Å². The van der Waals surface area contributed by atoms with Crippen molar-refractivity contribution in [1.29, 1.82) is 0 Å². The van der Waals surface area contributed by atoms with Crippen molar-refractivity contribution in [2.24, 2.45) is 23.7 Å². The lowest BCUT2D eigenvalue weighted by atomic mass is 9.81. The molecule has 0 N–H and O–H groups in total. The van der Waals surface area contributed by atoms with Crippen molar-refractivity contribution in [3.63, 3.8) is 0 Å². The second-order valence-corrected chi connectivity index (χ2v) is 7.64. The van der Waals surface area contributed by atoms with Crippen LogP contribution >= 0.6 is 0 Å². The molecule has 0 aromatic heterocycles. The Morgan fingerprint density at radius 2 is 1.44 bits per heavy atom. The van der Waals surface area contributed by atoms with E-state index in [1.54, 1.807) is 31.4 Å². The van der Waals surface area contributed by atoms with Gasteiger partial charge in [0.25, 0.3) is 0 Å². The summed E-state index contributed by atoms with van der Waals surface area (Å²) in [4.78, 5) is 27.2. The van der Waals surface area contributed by atoms with Gasteiger partial charge in [-0.05, 0) is 67.5 Å². The molecule has 2 saturated carbocycles. The Morgan fingerprint density at radius 1 is 0.852 bits per heavy atom. The molecule has 2 amide bonds. The highest BCUT2D eigenvalue weighted by atomic mass is 16.5. The van der Waals surface area contributed by atoms with Gasteiger partial charge in [0.15, 0.2) is 11.5 Å². The van der Waals surface area contributed by atoms with Gasteiger partial charge in [0.2, 0.25) is 11.8 Å². The highest BCUT2D eigenvalue weighted by molar-refractivity contribution is 6.22. The fraction of sp³-hybridized carbons (Fsp3) is 0.364. The summed E-state index contributed by atoms with van der Waals surface area (Å²) >= 11 is 0. The van der Waals surface area contributed by atoms with Crippen LogP contribution in [0.25, 0.3) is 0 Å². The summed E-state index contributed by atoms with van der Waals surface area (Å²) in [5.41, 5.74) is 0.631. The summed E-state index contributed by atoms with van der Waals surface area (Å²) in [6.07, 6.45) is 3.22. The molecular formula is C22H21NO4. The number of hydrogen-bond donors (Lipinski definition) is 0. The van der Waals surface area contributed by atoms with Gasteiger partial charge in [0, 0.05) is 0 Å². The maximum absolute atomic E-state index is 12.9. The number of nitrogens with zero attached hydrogens (tertiary/aromatic N) is 1. The Kier molecular flexibility index (Phi) is 3.71. The number of amides is 2. The lowest BCUT2D eigenvalue weighted by molar-refractivity contribution is -0.123. The third-order valence-electron chi connectivity index (χ3n) is 6.32. The normalized spacial score (nSPS) is 28.6. The average Bonchev–Trinajstić information content (AvgIpc) is 3.37. The zero-order valence-corrected chi connectivity index (χ0v) is 15.1. The molecule has 1 aliphatic heterocycles. The van der Waals surface area contributed by atoms with E-state index in [9.17, 15) is 9.59 Å². The predicted octanol–water partition coefficient (Wildman–Crippen LogP) is 4.02. The number of carbonyl (C=O) groups is 2. The van der Waals surface area contributed by atoms with Gasteiger partial charge in [-0.25, -0.2) is 0 Å². The lowest BCUT2D eigenvalue weighted by Gasteiger charge is -2.19. The van der Waals surface area contributed by atoms with E-state index >= 15 is 0 Å². The summed E-state index contributed by atoms with van der Waals surface area (Å²) in [5, 5.41) is 0. The van der Waals surface area contributed by atoms with E-state index in [0.717, 1.165) is 19.3 Å². The molecule has 2 aliphatic carbocycles. The topological polar surface area (TPSA) is 55.8 Å². The Bertz CT molecular complexity index is 879. The van der Waals surface area contributed by atoms with Crippen LogP contribution in [0.2, 0.25) is 0 Å². The second-order valence-electron chi connectivity index (χ2n) is 7.64. The third kappa shape index (κ3) is 2.45. The summed E-state index contributed by atoms with van der Waals surface area (Å²) < 4.78 is 11.2. The molecule has 1 heterocycles. The van der Waals surface area contributed by atoms with Crippen molar-refractivity contribution >= 4 is 17.5 Å². The van der Waals surface area contributed by atoms with E-state index in [0.29, 0.717) is 34.8 Å². The number of fused-ring (bicyclic) bond motifs is 5. The summed E-state index contributed by atoms with van der Waals surface area (Å²) in [5.74, 6) is 2.46. The van der Waals surface area contributed by atoms with Gasteiger partial charge in [0.05, 0.1) is 24.6 Å². The Morgan fingerprint density at radius 3 is 2.04 bits per heavy atom. The van der Waals surface area contributed by atoms with Gasteiger partial charge in [0.1, 0.15) is 5.75 Å². The number of rotatable bonds is 4. The summed E-state index contributed by atoms with van der Waals surface area (Å²) in [6, 6.07) is 14.5. The monoisotopic (exact) mass is 363 g/mol. The minimum absolute atomic E-state index is 0.0180. The first-order chi connectivity index (χ1) is 13.2. The maximum Gasteiger partial charge on any atom is 0.237 e. The Balaban J connectivity index is 1.38. The van der Waals surface area contributed by atoms with E-state index in [2.05, 4.69) is 0 Å². The maximum atomic E-state index is 12.9. The van der Waals surface area contributed by atoms with E-state index in [-0.39, 0.29) is 23.7 Å². The van der Waals surface area contributed by atoms with Gasteiger partial charge >= 0.3 is 0 Å². The molecule has 0 unspecified atom stereocenters. The smallest absolute Gasteiger partial charge is 0.237 e. The van der Waals surface area contributed by atoms with Gasteiger partial charge in [-0.3, -0.25) is 14.5 Å². The SMILES string of the molecule is COc1ccccc1Oc1ccc(N2C(=O)[C@@H]3[C@H]4CC[C@@H](C4)[C@@H]3C2=O)cc1. The highest BCUT2D eigenvalue weighted by Gasteiger charge is 2.61. The molecule has 0 radical (unpaired) electrons. The first-order valence-corrected chi connectivity index (χ1v) is 9.46. The number of methoxy groups -OCH3 is 1. The van der Waals surface area contributed by atoms with E-state index in [4.69, 9.17) is 9.47 Å². The van der Waals surface area contributed by atoms with Crippen LogP contribution < -0.4 is 14.4 Å². The highest BCUT2D eigenvalue weighted by Crippen LogP contribution is 2.56. The van der Waals surface area contributed by atoms with Crippen LogP contribution in [0.1, 0.15) is 19.3 Å². The van der Waals surface area contributed by atoms with Gasteiger partial charge in [-0.2, -0.15) is 0 Å². The molecule has 27 heavy (non-hydrogen) atoms. The Labute approximate surface area is 157 Å². The van der Waals surface area contributed by atoms with Crippen LogP contribution in [0.5, 0.6) is 17.2 Å². The van der Waals surface area contributed by atoms with Crippen molar-refractivity contribution in [2.45, 2.75) is 19.3 Å². The number of imide groups is 1. The number of ether oxygens (including phenoxy) is 2. The first-order valence-electron chi connectivity index (χ1n) is 9.46. The van der Waals surface area contributed by atoms with Crippen molar-refractivity contribution in [2.75, 3.05) is 12.0 Å². The quantitative estimate of drug-likeness (QED) is 0.770. The minimum Gasteiger partial charge on any atom is -0.493 e. The molecule has 138 valence electrons. The van der Waals surface area contributed by atoms with Crippen LogP contribution in [0.3, 0.4) is 0 Å². The summed E-state index contributed by atoms with van der Waals surface area (Å²) in [7, 11) is 1.60. The first kappa shape index (κ1) is 16.4. The lowest BCUT2D eigenvalue weighted by Crippen LogP contribution is -2.32. The minimum atomic E-state index is -0.0965. The fourth-order valence-electron chi connectivity index (χ4n) is 5.16. The Hall–Kier alpha value is -2.82. The second kappa shape index (κ2) is 6.12. The zero-order chi connectivity index (χ0) is 18.5. The molecule has 4 atom stereocenters.